The lowest BCUT2D eigenvalue weighted by atomic mass is 10.2. The van der Waals surface area contributed by atoms with Gasteiger partial charge >= 0.3 is 0 Å². The van der Waals surface area contributed by atoms with Gasteiger partial charge in [-0.15, -0.1) is 11.3 Å². The van der Waals surface area contributed by atoms with E-state index in [0.717, 1.165) is 12.0 Å². The maximum absolute atomic E-state index is 11.6. The van der Waals surface area contributed by atoms with E-state index in [0.29, 0.717) is 18.0 Å². The Morgan fingerprint density at radius 2 is 2.47 bits per heavy atom. The van der Waals surface area contributed by atoms with E-state index < -0.39 is 0 Å². The minimum atomic E-state index is -0.0480. The summed E-state index contributed by atoms with van der Waals surface area (Å²) in [6, 6.07) is 1.84. The fourth-order valence-corrected chi connectivity index (χ4v) is 1.81. The van der Waals surface area contributed by atoms with Gasteiger partial charge in [0.05, 0.1) is 6.54 Å². The quantitative estimate of drug-likeness (QED) is 0.755. The predicted octanol–water partition coefficient (Wildman–Crippen LogP) is 1.20. The zero-order valence-corrected chi connectivity index (χ0v) is 9.49. The average molecular weight is 222 g/mol. The van der Waals surface area contributed by atoms with E-state index >= 15 is 0 Å². The van der Waals surface area contributed by atoms with Crippen molar-refractivity contribution in [2.45, 2.75) is 13.3 Å². The number of thiophene rings is 1. The van der Waals surface area contributed by atoms with E-state index in [-0.39, 0.29) is 5.91 Å². The first-order valence-electron chi connectivity index (χ1n) is 4.84. The van der Waals surface area contributed by atoms with Gasteiger partial charge in [0.2, 0.25) is 0 Å². The summed E-state index contributed by atoms with van der Waals surface area (Å²) in [5, 5.41) is 4.69. The summed E-state index contributed by atoms with van der Waals surface area (Å²) in [6.07, 6.45) is 0.931. The number of carbonyl (C=O) groups is 1. The number of hydrogen-bond donors (Lipinski definition) is 2. The molecule has 0 saturated carbocycles. The summed E-state index contributed by atoms with van der Waals surface area (Å²) < 4.78 is 0. The van der Waals surface area contributed by atoms with E-state index in [1.54, 1.807) is 0 Å². The molecule has 0 saturated heterocycles. The minimum absolute atomic E-state index is 0.0480. The van der Waals surface area contributed by atoms with Gasteiger partial charge in [0.1, 0.15) is 4.88 Å². The topological polar surface area (TPSA) is 55.1 Å². The van der Waals surface area contributed by atoms with Crippen LogP contribution in [0.3, 0.4) is 0 Å². The fraction of sp³-hybridized carbons (Fsp3) is 0.364. The summed E-state index contributed by atoms with van der Waals surface area (Å²) in [4.78, 5) is 12.3. The van der Waals surface area contributed by atoms with Crippen LogP contribution in [0, 0.1) is 11.8 Å². The van der Waals surface area contributed by atoms with Crippen LogP contribution >= 0.6 is 11.3 Å². The van der Waals surface area contributed by atoms with Crippen LogP contribution in [0.25, 0.3) is 0 Å². The van der Waals surface area contributed by atoms with Crippen molar-refractivity contribution in [2.75, 3.05) is 13.1 Å². The highest BCUT2D eigenvalue weighted by molar-refractivity contribution is 7.12. The maximum atomic E-state index is 11.6. The zero-order valence-electron chi connectivity index (χ0n) is 8.67. The van der Waals surface area contributed by atoms with E-state index in [2.05, 4.69) is 17.2 Å². The molecule has 3 nitrogen and oxygen atoms in total. The Morgan fingerprint density at radius 1 is 1.67 bits per heavy atom. The lowest BCUT2D eigenvalue weighted by Gasteiger charge is -2.00. The Bertz CT molecular complexity index is 387. The van der Waals surface area contributed by atoms with Gasteiger partial charge in [-0.3, -0.25) is 4.79 Å². The molecule has 0 bridgehead atoms. The number of carbonyl (C=O) groups excluding carboxylic acids is 1. The molecule has 80 valence electrons. The van der Waals surface area contributed by atoms with Crippen LogP contribution in [0.4, 0.5) is 0 Å². The second-order valence-corrected chi connectivity index (χ2v) is 3.84. The number of hydrogen-bond acceptors (Lipinski definition) is 3. The Labute approximate surface area is 93.7 Å². The van der Waals surface area contributed by atoms with Crippen molar-refractivity contribution >= 4 is 17.2 Å². The lowest BCUT2D eigenvalue weighted by molar-refractivity contribution is 0.0957. The summed E-state index contributed by atoms with van der Waals surface area (Å²) in [7, 11) is 0. The number of nitrogens with one attached hydrogen (secondary N) is 1. The summed E-state index contributed by atoms with van der Waals surface area (Å²) in [5.41, 5.74) is 6.04. The maximum Gasteiger partial charge on any atom is 0.262 e. The van der Waals surface area contributed by atoms with Gasteiger partial charge in [0.15, 0.2) is 0 Å². The Kier molecular flexibility index (Phi) is 4.88. The molecule has 1 heterocycles. The standard InChI is InChI=1S/C11H14N2OS/c1-2-7-13-11(14)10-9(4-3-6-12)5-8-15-10/h5,8H,2,6-7,12H2,1H3,(H,13,14). The molecule has 0 aromatic carbocycles. The fourth-order valence-electron chi connectivity index (χ4n) is 1.05. The molecule has 0 spiro atoms. The second-order valence-electron chi connectivity index (χ2n) is 2.93. The zero-order chi connectivity index (χ0) is 11.1. The highest BCUT2D eigenvalue weighted by Crippen LogP contribution is 2.15. The third-order valence-corrected chi connectivity index (χ3v) is 2.65. The van der Waals surface area contributed by atoms with E-state index in [4.69, 9.17) is 5.73 Å². The van der Waals surface area contributed by atoms with Gasteiger partial charge < -0.3 is 11.1 Å². The molecule has 1 aromatic heterocycles. The predicted molar refractivity (Wildman–Crippen MR) is 62.9 cm³/mol. The van der Waals surface area contributed by atoms with Gasteiger partial charge in [-0.1, -0.05) is 18.8 Å². The van der Waals surface area contributed by atoms with Crippen molar-refractivity contribution in [1.29, 1.82) is 0 Å². The monoisotopic (exact) mass is 222 g/mol. The van der Waals surface area contributed by atoms with Gasteiger partial charge in [0, 0.05) is 12.1 Å². The van der Waals surface area contributed by atoms with Crippen molar-refractivity contribution in [3.05, 3.63) is 21.9 Å². The first-order valence-corrected chi connectivity index (χ1v) is 5.72. The minimum Gasteiger partial charge on any atom is -0.351 e. The molecule has 0 radical (unpaired) electrons. The summed E-state index contributed by atoms with van der Waals surface area (Å²) >= 11 is 1.40. The van der Waals surface area contributed by atoms with Crippen molar-refractivity contribution in [2.24, 2.45) is 5.73 Å². The summed E-state index contributed by atoms with van der Waals surface area (Å²) in [6.45, 7) is 3.02. The van der Waals surface area contributed by atoms with Crippen LogP contribution in [-0.4, -0.2) is 19.0 Å². The molecular weight excluding hydrogens is 208 g/mol. The molecular formula is C11H14N2OS. The van der Waals surface area contributed by atoms with Crippen LogP contribution in [-0.2, 0) is 0 Å². The van der Waals surface area contributed by atoms with Crippen LogP contribution < -0.4 is 11.1 Å². The average Bonchev–Trinajstić information content (AvgIpc) is 2.71. The number of rotatable bonds is 3. The molecule has 1 amide bonds. The molecule has 0 aliphatic carbocycles. The Morgan fingerprint density at radius 3 is 3.13 bits per heavy atom. The van der Waals surface area contributed by atoms with Crippen LogP contribution in [0.15, 0.2) is 11.4 Å². The first-order chi connectivity index (χ1) is 7.29. The molecule has 0 atom stereocenters. The van der Waals surface area contributed by atoms with E-state index in [1.165, 1.54) is 11.3 Å². The third-order valence-electron chi connectivity index (χ3n) is 1.73. The Hall–Kier alpha value is -1.31. The van der Waals surface area contributed by atoms with E-state index in [9.17, 15) is 4.79 Å². The number of nitrogens with two attached hydrogens (primary N) is 1. The smallest absolute Gasteiger partial charge is 0.262 e. The highest BCUT2D eigenvalue weighted by Gasteiger charge is 2.10. The second kappa shape index (κ2) is 6.23. The number of amides is 1. The molecule has 0 aliphatic heterocycles. The van der Waals surface area contributed by atoms with Gasteiger partial charge in [-0.25, -0.2) is 0 Å². The third kappa shape index (κ3) is 3.39. The first kappa shape index (κ1) is 11.8. The van der Waals surface area contributed by atoms with Crippen molar-refractivity contribution in [1.82, 2.24) is 5.32 Å². The molecule has 0 unspecified atom stereocenters. The molecule has 15 heavy (non-hydrogen) atoms. The van der Waals surface area contributed by atoms with Crippen molar-refractivity contribution < 1.29 is 4.79 Å². The van der Waals surface area contributed by atoms with Crippen molar-refractivity contribution in [3.8, 4) is 11.8 Å². The SMILES string of the molecule is CCCNC(=O)c1sccc1C#CCN. The molecule has 1 rings (SSSR count). The van der Waals surface area contributed by atoms with Gasteiger partial charge in [-0.05, 0) is 17.9 Å². The van der Waals surface area contributed by atoms with E-state index in [1.807, 2.05) is 18.4 Å². The molecule has 0 aliphatic rings. The molecule has 1 aromatic rings. The largest absolute Gasteiger partial charge is 0.351 e. The summed E-state index contributed by atoms with van der Waals surface area (Å²) in [5.74, 6) is 5.58. The molecule has 4 heteroatoms. The van der Waals surface area contributed by atoms with Gasteiger partial charge in [-0.2, -0.15) is 0 Å². The van der Waals surface area contributed by atoms with Crippen LogP contribution in [0.5, 0.6) is 0 Å². The van der Waals surface area contributed by atoms with Crippen molar-refractivity contribution in [3.63, 3.8) is 0 Å². The van der Waals surface area contributed by atoms with Crippen LogP contribution in [0.1, 0.15) is 28.6 Å². The Balaban J connectivity index is 2.76. The normalized spacial score (nSPS) is 9.20. The van der Waals surface area contributed by atoms with Crippen LogP contribution in [0.2, 0.25) is 0 Å². The molecule has 0 fully saturated rings. The highest BCUT2D eigenvalue weighted by atomic mass is 32.1. The lowest BCUT2D eigenvalue weighted by Crippen LogP contribution is -2.23. The molecule has 3 N–H and O–H groups in total. The van der Waals surface area contributed by atoms with Gasteiger partial charge in [0.25, 0.3) is 5.91 Å².